The molecule has 2 N–H and O–H groups in total. The lowest BCUT2D eigenvalue weighted by atomic mass is 9.97. The van der Waals surface area contributed by atoms with E-state index in [-0.39, 0.29) is 24.0 Å². The molecule has 6 nitrogen and oxygen atoms in total. The first-order valence-corrected chi connectivity index (χ1v) is 9.28. The maximum Gasteiger partial charge on any atom is 0.330 e. The largest absolute Gasteiger partial charge is 0.463 e. The Morgan fingerprint density at radius 3 is 2.57 bits per heavy atom. The molecule has 0 saturated heterocycles. The molecule has 2 amide bonds. The molecule has 1 rings (SSSR count). The molecule has 152 valence electrons. The number of hydrogen-bond donors (Lipinski definition) is 2. The van der Waals surface area contributed by atoms with E-state index in [2.05, 4.69) is 10.6 Å². The molecule has 1 aromatic carbocycles. The number of allylic oxidation sites excluding steroid dienone is 2. The Morgan fingerprint density at radius 1 is 1.21 bits per heavy atom. The number of carbonyl (C=O) groups excluding carboxylic acids is 2. The van der Waals surface area contributed by atoms with Crippen molar-refractivity contribution in [1.29, 1.82) is 0 Å². The third-order valence-corrected chi connectivity index (χ3v) is 3.91. The average Bonchev–Trinajstić information content (AvgIpc) is 2.67. The van der Waals surface area contributed by atoms with Crippen LogP contribution < -0.4 is 10.6 Å². The molecular weight excluding hydrogens is 356 g/mol. The normalized spacial score (nSPS) is 14.1. The number of rotatable bonds is 10. The van der Waals surface area contributed by atoms with Crippen LogP contribution in [0.15, 0.2) is 66.3 Å². The number of carbonyl (C=O) groups is 2. The molecule has 0 aliphatic heterocycles. The molecule has 0 spiro atoms. The van der Waals surface area contributed by atoms with Gasteiger partial charge in [0.15, 0.2) is 0 Å². The summed E-state index contributed by atoms with van der Waals surface area (Å²) in [7, 11) is 1.63. The van der Waals surface area contributed by atoms with E-state index in [9.17, 15) is 9.59 Å². The Labute approximate surface area is 167 Å². The van der Waals surface area contributed by atoms with Crippen molar-refractivity contribution in [2.75, 3.05) is 25.6 Å². The maximum absolute atomic E-state index is 11.8. The molecule has 0 aliphatic rings. The fraction of sp³-hybridized carbons (Fsp3) is 0.364. The van der Waals surface area contributed by atoms with Gasteiger partial charge >= 0.3 is 12.0 Å². The van der Waals surface area contributed by atoms with Gasteiger partial charge in [0, 0.05) is 31.3 Å². The van der Waals surface area contributed by atoms with Crippen molar-refractivity contribution in [3.8, 4) is 0 Å². The number of para-hydroxylation sites is 1. The number of methoxy groups -OCH3 is 1. The SMILES string of the molecule is CCOC(=O)/C=C/[C@H](C)[C@H](OC)/C(C)=C/C=C/CNC(=O)Nc1ccccc1. The van der Waals surface area contributed by atoms with E-state index >= 15 is 0 Å². The zero-order valence-corrected chi connectivity index (χ0v) is 17.0. The molecule has 0 aliphatic carbocycles. The highest BCUT2D eigenvalue weighted by molar-refractivity contribution is 5.89. The van der Waals surface area contributed by atoms with Crippen molar-refractivity contribution in [3.05, 3.63) is 66.3 Å². The predicted octanol–water partition coefficient (Wildman–Crippen LogP) is 4.08. The van der Waals surface area contributed by atoms with E-state index < -0.39 is 0 Å². The Kier molecular flexibility index (Phi) is 11.0. The third kappa shape index (κ3) is 9.19. The highest BCUT2D eigenvalue weighted by atomic mass is 16.5. The number of amides is 2. The lowest BCUT2D eigenvalue weighted by Gasteiger charge is -2.20. The minimum atomic E-state index is -0.356. The summed E-state index contributed by atoms with van der Waals surface area (Å²) >= 11 is 0. The average molecular weight is 386 g/mol. The Hall–Kier alpha value is -2.86. The lowest BCUT2D eigenvalue weighted by molar-refractivity contribution is -0.137. The second kappa shape index (κ2) is 13.3. The van der Waals surface area contributed by atoms with Crippen LogP contribution in [0.1, 0.15) is 20.8 Å². The molecule has 0 unspecified atom stereocenters. The fourth-order valence-electron chi connectivity index (χ4n) is 2.57. The molecular formula is C22H30N2O4. The summed E-state index contributed by atoms with van der Waals surface area (Å²) in [6, 6.07) is 9.00. The van der Waals surface area contributed by atoms with Gasteiger partial charge in [-0.2, -0.15) is 0 Å². The van der Waals surface area contributed by atoms with E-state index in [0.29, 0.717) is 13.2 Å². The Bertz CT molecular complexity index is 696. The number of hydrogen-bond acceptors (Lipinski definition) is 4. The summed E-state index contributed by atoms with van der Waals surface area (Å²) in [5, 5.41) is 5.51. The van der Waals surface area contributed by atoms with Crippen LogP contribution in [0.3, 0.4) is 0 Å². The number of nitrogens with one attached hydrogen (secondary N) is 2. The quantitative estimate of drug-likeness (QED) is 0.361. The summed E-state index contributed by atoms with van der Waals surface area (Å²) in [5.74, 6) is -0.348. The van der Waals surface area contributed by atoms with Crippen LogP contribution in [0, 0.1) is 5.92 Å². The second-order valence-electron chi connectivity index (χ2n) is 6.17. The molecule has 28 heavy (non-hydrogen) atoms. The van der Waals surface area contributed by atoms with Crippen LogP contribution in [0.5, 0.6) is 0 Å². The molecule has 6 heteroatoms. The van der Waals surface area contributed by atoms with Gasteiger partial charge in [0.25, 0.3) is 0 Å². The van der Waals surface area contributed by atoms with Crippen molar-refractivity contribution >= 4 is 17.7 Å². The second-order valence-corrected chi connectivity index (χ2v) is 6.17. The lowest BCUT2D eigenvalue weighted by Crippen LogP contribution is -2.28. The monoisotopic (exact) mass is 386 g/mol. The summed E-state index contributed by atoms with van der Waals surface area (Å²) in [6.07, 6.45) is 8.69. The van der Waals surface area contributed by atoms with Gasteiger partial charge in [0.2, 0.25) is 0 Å². The van der Waals surface area contributed by atoms with Crippen LogP contribution in [-0.2, 0) is 14.3 Å². The maximum atomic E-state index is 11.8. The molecule has 0 aromatic heterocycles. The molecule has 0 bridgehead atoms. The molecule has 0 radical (unpaired) electrons. The Morgan fingerprint density at radius 2 is 1.93 bits per heavy atom. The van der Waals surface area contributed by atoms with Gasteiger partial charge in [-0.3, -0.25) is 0 Å². The van der Waals surface area contributed by atoms with Gasteiger partial charge in [0.05, 0.1) is 12.7 Å². The van der Waals surface area contributed by atoms with Gasteiger partial charge in [-0.1, -0.05) is 49.4 Å². The van der Waals surface area contributed by atoms with E-state index in [1.807, 2.05) is 62.4 Å². The molecule has 0 fully saturated rings. The zero-order chi connectivity index (χ0) is 20.8. The van der Waals surface area contributed by atoms with Crippen LogP contribution in [0.25, 0.3) is 0 Å². The highest BCUT2D eigenvalue weighted by Crippen LogP contribution is 2.17. The summed E-state index contributed by atoms with van der Waals surface area (Å²) in [6.45, 7) is 6.46. The van der Waals surface area contributed by atoms with Crippen molar-refractivity contribution in [2.24, 2.45) is 5.92 Å². The molecule has 1 aromatic rings. The van der Waals surface area contributed by atoms with Gasteiger partial charge < -0.3 is 20.1 Å². The molecule has 0 saturated carbocycles. The zero-order valence-electron chi connectivity index (χ0n) is 17.0. The number of benzene rings is 1. The minimum absolute atomic E-state index is 0.00818. The number of esters is 1. The van der Waals surface area contributed by atoms with Crippen LogP contribution in [0.2, 0.25) is 0 Å². The smallest absolute Gasteiger partial charge is 0.330 e. The summed E-state index contributed by atoms with van der Waals surface area (Å²) < 4.78 is 10.4. The van der Waals surface area contributed by atoms with Crippen LogP contribution in [-0.4, -0.2) is 38.4 Å². The van der Waals surface area contributed by atoms with Gasteiger partial charge in [-0.25, -0.2) is 9.59 Å². The Balaban J connectivity index is 2.47. The van der Waals surface area contributed by atoms with Crippen LogP contribution in [0.4, 0.5) is 10.5 Å². The van der Waals surface area contributed by atoms with E-state index in [1.165, 1.54) is 6.08 Å². The first-order valence-electron chi connectivity index (χ1n) is 9.28. The van der Waals surface area contributed by atoms with Crippen molar-refractivity contribution in [2.45, 2.75) is 26.9 Å². The number of urea groups is 1. The number of ether oxygens (including phenoxy) is 2. The van der Waals surface area contributed by atoms with Gasteiger partial charge in [-0.15, -0.1) is 0 Å². The standard InChI is InChI=1S/C22H30N2O4/c1-5-28-20(25)15-14-18(3)21(27-4)17(2)11-9-10-16-23-22(26)24-19-12-7-6-8-13-19/h6-15,18,21H,5,16H2,1-4H3,(H2,23,24,26)/b10-9+,15-14+,17-11+/t18-,21+/m0/s1. The predicted molar refractivity (Wildman–Crippen MR) is 112 cm³/mol. The molecule has 0 heterocycles. The van der Waals surface area contributed by atoms with Gasteiger partial charge in [0.1, 0.15) is 0 Å². The topological polar surface area (TPSA) is 76.7 Å². The van der Waals surface area contributed by atoms with Crippen molar-refractivity contribution in [1.82, 2.24) is 5.32 Å². The first kappa shape index (κ1) is 23.2. The van der Waals surface area contributed by atoms with Crippen molar-refractivity contribution in [3.63, 3.8) is 0 Å². The summed E-state index contributed by atoms with van der Waals surface area (Å²) in [5.41, 5.74) is 1.75. The molecule has 2 atom stereocenters. The fourth-order valence-corrected chi connectivity index (χ4v) is 2.57. The van der Waals surface area contributed by atoms with E-state index in [1.54, 1.807) is 20.1 Å². The van der Waals surface area contributed by atoms with Crippen molar-refractivity contribution < 1.29 is 19.1 Å². The minimum Gasteiger partial charge on any atom is -0.463 e. The number of anilines is 1. The van der Waals surface area contributed by atoms with E-state index in [0.717, 1.165) is 11.3 Å². The highest BCUT2D eigenvalue weighted by Gasteiger charge is 2.16. The first-order chi connectivity index (χ1) is 13.5. The summed E-state index contributed by atoms with van der Waals surface area (Å²) in [4.78, 5) is 23.2. The van der Waals surface area contributed by atoms with E-state index in [4.69, 9.17) is 9.47 Å². The van der Waals surface area contributed by atoms with Gasteiger partial charge in [-0.05, 0) is 31.6 Å². The van der Waals surface area contributed by atoms with Crippen LogP contribution >= 0.6 is 0 Å². The third-order valence-electron chi connectivity index (χ3n) is 3.91.